The van der Waals surface area contributed by atoms with Gasteiger partial charge in [-0.05, 0) is 32.9 Å². The lowest BCUT2D eigenvalue weighted by atomic mass is 10.1. The summed E-state index contributed by atoms with van der Waals surface area (Å²) in [6.45, 7) is 4.56. The Morgan fingerprint density at radius 1 is 1.26 bits per heavy atom. The number of amides is 1. The molecule has 0 radical (unpaired) electrons. The summed E-state index contributed by atoms with van der Waals surface area (Å²) in [4.78, 5) is 27.2. The third-order valence-corrected chi connectivity index (χ3v) is 5.09. The predicted octanol–water partition coefficient (Wildman–Crippen LogP) is 2.24. The molecule has 2 rings (SSSR count). The molecule has 0 spiro atoms. The summed E-state index contributed by atoms with van der Waals surface area (Å²) < 4.78 is 5.13. The van der Waals surface area contributed by atoms with Crippen LogP contribution in [0.2, 0.25) is 0 Å². The van der Waals surface area contributed by atoms with Crippen LogP contribution >= 0.6 is 11.3 Å². The molecule has 1 aliphatic rings. The number of carbonyl (C=O) groups excluding carboxylic acids is 2. The van der Waals surface area contributed by atoms with Crippen LogP contribution in [0.25, 0.3) is 0 Å². The van der Waals surface area contributed by atoms with Crippen LogP contribution < -0.4 is 11.1 Å². The Morgan fingerprint density at radius 3 is 2.48 bits per heavy atom. The molecule has 1 amide bonds. The Labute approximate surface area is 141 Å². The number of ether oxygens (including phenoxy) is 1. The van der Waals surface area contributed by atoms with Crippen molar-refractivity contribution < 1.29 is 14.3 Å². The van der Waals surface area contributed by atoms with E-state index >= 15 is 0 Å². The lowest BCUT2D eigenvalue weighted by Crippen LogP contribution is -2.27. The average Bonchev–Trinajstić information content (AvgIpc) is 2.70. The minimum atomic E-state index is -0.443. The molecule has 1 aliphatic heterocycles. The van der Waals surface area contributed by atoms with Crippen LogP contribution in [-0.4, -0.2) is 43.5 Å². The Hall–Kier alpha value is -1.60. The van der Waals surface area contributed by atoms with Crippen LogP contribution in [0.4, 0.5) is 5.00 Å². The van der Waals surface area contributed by atoms with Crippen molar-refractivity contribution in [3.63, 3.8) is 0 Å². The molecule has 0 aliphatic carbocycles. The van der Waals surface area contributed by atoms with E-state index in [0.29, 0.717) is 27.5 Å². The van der Waals surface area contributed by atoms with Crippen LogP contribution in [0.5, 0.6) is 0 Å². The lowest BCUT2D eigenvalue weighted by Gasteiger charge is -2.20. The zero-order valence-corrected chi connectivity index (χ0v) is 14.6. The molecule has 2 heterocycles. The topological polar surface area (TPSA) is 84.7 Å². The fourth-order valence-electron chi connectivity index (χ4n) is 2.88. The first-order valence-electron chi connectivity index (χ1n) is 8.11. The minimum absolute atomic E-state index is 0.206. The molecule has 1 aromatic rings. The maximum atomic E-state index is 12.3. The van der Waals surface area contributed by atoms with Crippen molar-refractivity contribution in [2.75, 3.05) is 32.5 Å². The molecule has 1 saturated heterocycles. The monoisotopic (exact) mass is 339 g/mol. The second-order valence-corrected chi connectivity index (χ2v) is 6.69. The summed E-state index contributed by atoms with van der Waals surface area (Å²) in [5, 5.41) is 2.98. The van der Waals surface area contributed by atoms with Crippen molar-refractivity contribution in [3.8, 4) is 0 Å². The van der Waals surface area contributed by atoms with E-state index < -0.39 is 5.97 Å². The Bertz CT molecular complexity index is 563. The number of nitrogens with zero attached hydrogens (tertiary/aromatic N) is 1. The van der Waals surface area contributed by atoms with Gasteiger partial charge in [0.25, 0.3) is 5.91 Å². The highest BCUT2D eigenvalue weighted by Crippen LogP contribution is 2.33. The molecule has 0 bridgehead atoms. The minimum Gasteiger partial charge on any atom is -0.462 e. The van der Waals surface area contributed by atoms with Gasteiger partial charge < -0.3 is 15.8 Å². The highest BCUT2D eigenvalue weighted by molar-refractivity contribution is 7.18. The quantitative estimate of drug-likeness (QED) is 0.804. The normalized spacial score (nSPS) is 15.9. The highest BCUT2D eigenvalue weighted by Gasteiger charge is 2.27. The third kappa shape index (κ3) is 4.23. The molecule has 0 aromatic carbocycles. The first kappa shape index (κ1) is 17.7. The van der Waals surface area contributed by atoms with Crippen LogP contribution in [0.1, 0.15) is 58.2 Å². The summed E-state index contributed by atoms with van der Waals surface area (Å²) in [6, 6.07) is 0. The van der Waals surface area contributed by atoms with E-state index in [4.69, 9.17) is 10.5 Å². The molecular weight excluding hydrogens is 314 g/mol. The number of nitrogens with one attached hydrogen (secondary N) is 1. The van der Waals surface area contributed by atoms with E-state index in [1.165, 1.54) is 12.8 Å². The van der Waals surface area contributed by atoms with E-state index in [0.717, 1.165) is 37.3 Å². The van der Waals surface area contributed by atoms with Crippen molar-refractivity contribution >= 4 is 28.2 Å². The van der Waals surface area contributed by atoms with Crippen LogP contribution in [0, 0.1) is 0 Å². The zero-order chi connectivity index (χ0) is 16.8. The van der Waals surface area contributed by atoms with Crippen molar-refractivity contribution in [1.82, 2.24) is 10.2 Å². The van der Waals surface area contributed by atoms with E-state index in [2.05, 4.69) is 10.2 Å². The number of hydrogen-bond acceptors (Lipinski definition) is 6. The Balaban J connectivity index is 2.35. The molecular formula is C16H25N3O3S. The van der Waals surface area contributed by atoms with Crippen LogP contribution in [-0.2, 0) is 11.3 Å². The van der Waals surface area contributed by atoms with Gasteiger partial charge in [0.15, 0.2) is 0 Å². The van der Waals surface area contributed by atoms with Crippen molar-refractivity contribution in [2.45, 2.75) is 39.2 Å². The van der Waals surface area contributed by atoms with E-state index in [9.17, 15) is 9.59 Å². The summed E-state index contributed by atoms with van der Waals surface area (Å²) in [5.41, 5.74) is 7.08. The molecule has 23 heavy (non-hydrogen) atoms. The number of nitrogen functional groups attached to an aromatic ring is 1. The number of likely N-dealkylation sites (tertiary alicyclic amines) is 1. The summed E-state index contributed by atoms with van der Waals surface area (Å²) in [6.07, 6.45) is 4.75. The van der Waals surface area contributed by atoms with Gasteiger partial charge in [0.05, 0.1) is 17.0 Å². The number of hydrogen-bond donors (Lipinski definition) is 2. The Morgan fingerprint density at radius 2 is 1.91 bits per heavy atom. The molecule has 7 heteroatoms. The van der Waals surface area contributed by atoms with Gasteiger partial charge in [0.1, 0.15) is 5.00 Å². The second-order valence-electron chi connectivity index (χ2n) is 5.64. The number of anilines is 1. The number of esters is 1. The molecule has 0 atom stereocenters. The maximum absolute atomic E-state index is 12.3. The molecule has 128 valence electrons. The first-order valence-corrected chi connectivity index (χ1v) is 8.92. The fourth-order valence-corrected chi connectivity index (χ4v) is 3.89. The van der Waals surface area contributed by atoms with Crippen LogP contribution in [0.3, 0.4) is 0 Å². The standard InChI is InChI=1S/C16H25N3O3S/c1-3-22-16(21)12-11(10-19-8-6-4-5-7-9-19)13(15(20)18-2)23-14(12)17/h3-10,17H2,1-2H3,(H,18,20). The smallest absolute Gasteiger partial charge is 0.341 e. The SMILES string of the molecule is CCOC(=O)c1c(N)sc(C(=O)NC)c1CN1CCCCCC1. The van der Waals surface area contributed by atoms with E-state index in [1.807, 2.05) is 0 Å². The van der Waals surface area contributed by atoms with Gasteiger partial charge in [-0.25, -0.2) is 4.79 Å². The number of carbonyl (C=O) groups is 2. The number of thiophene rings is 1. The molecule has 3 N–H and O–H groups in total. The number of rotatable bonds is 5. The van der Waals surface area contributed by atoms with Gasteiger partial charge in [0.2, 0.25) is 0 Å². The lowest BCUT2D eigenvalue weighted by molar-refractivity contribution is 0.0526. The average molecular weight is 339 g/mol. The fraction of sp³-hybridized carbons (Fsp3) is 0.625. The summed E-state index contributed by atoms with van der Waals surface area (Å²) in [7, 11) is 1.58. The summed E-state index contributed by atoms with van der Waals surface area (Å²) >= 11 is 1.16. The van der Waals surface area contributed by atoms with Gasteiger partial charge >= 0.3 is 5.97 Å². The van der Waals surface area contributed by atoms with Crippen molar-refractivity contribution in [2.24, 2.45) is 0 Å². The van der Waals surface area contributed by atoms with Crippen LogP contribution in [0.15, 0.2) is 0 Å². The Kier molecular flexibility index (Phi) is 6.41. The van der Waals surface area contributed by atoms with Crippen molar-refractivity contribution in [3.05, 3.63) is 16.0 Å². The molecule has 1 fully saturated rings. The van der Waals surface area contributed by atoms with Gasteiger partial charge in [-0.2, -0.15) is 0 Å². The van der Waals surface area contributed by atoms with E-state index in [1.54, 1.807) is 14.0 Å². The largest absolute Gasteiger partial charge is 0.462 e. The number of nitrogens with two attached hydrogens (primary N) is 1. The van der Waals surface area contributed by atoms with E-state index in [-0.39, 0.29) is 12.5 Å². The first-order chi connectivity index (χ1) is 11.1. The van der Waals surface area contributed by atoms with Crippen molar-refractivity contribution in [1.29, 1.82) is 0 Å². The molecule has 0 saturated carbocycles. The van der Waals surface area contributed by atoms with Gasteiger partial charge in [-0.3, -0.25) is 9.69 Å². The van der Waals surface area contributed by atoms with Gasteiger partial charge in [0, 0.05) is 19.2 Å². The molecule has 1 aromatic heterocycles. The van der Waals surface area contributed by atoms with Gasteiger partial charge in [-0.15, -0.1) is 11.3 Å². The highest BCUT2D eigenvalue weighted by atomic mass is 32.1. The maximum Gasteiger partial charge on any atom is 0.341 e. The predicted molar refractivity (Wildman–Crippen MR) is 91.8 cm³/mol. The third-order valence-electron chi connectivity index (χ3n) is 4.03. The van der Waals surface area contributed by atoms with Gasteiger partial charge in [-0.1, -0.05) is 12.8 Å². The zero-order valence-electron chi connectivity index (χ0n) is 13.8. The summed E-state index contributed by atoms with van der Waals surface area (Å²) in [5.74, 6) is -0.650. The second kappa shape index (κ2) is 8.31. The molecule has 6 nitrogen and oxygen atoms in total. The molecule has 0 unspecified atom stereocenters.